The third-order valence-electron chi connectivity index (χ3n) is 21.6. The van der Waals surface area contributed by atoms with Crippen LogP contribution in [0.25, 0.3) is 90.9 Å². The van der Waals surface area contributed by atoms with E-state index in [9.17, 15) is 0 Å². The third kappa shape index (κ3) is 19.0. The molecule has 28 nitrogen and oxygen atoms in total. The molecule has 0 spiro atoms. The van der Waals surface area contributed by atoms with Crippen molar-refractivity contribution in [3.05, 3.63) is 120 Å². The molecule has 13 heterocycles. The first-order valence-electron chi connectivity index (χ1n) is 41.4. The number of ether oxygens (including phenoxy) is 24. The highest BCUT2D eigenvalue weighted by Crippen LogP contribution is 2.52. The molecular formula is C92H110N4O24. The summed E-state index contributed by atoms with van der Waals surface area (Å²) in [5.74, 6) is -3.19. The lowest BCUT2D eigenvalue weighted by Crippen LogP contribution is -2.25. The number of fused-ring (bicyclic) bond motifs is 8. The molecule has 2 N–H and O–H groups in total. The van der Waals surface area contributed by atoms with Gasteiger partial charge in [-0.3, -0.25) is 0 Å². The lowest BCUT2D eigenvalue weighted by Gasteiger charge is -2.21. The van der Waals surface area contributed by atoms with Crippen LogP contribution in [0.2, 0.25) is 0 Å². The van der Waals surface area contributed by atoms with E-state index in [-0.39, 0.29) is 52.9 Å². The van der Waals surface area contributed by atoms with Gasteiger partial charge in [-0.05, 0) is 208 Å². The van der Waals surface area contributed by atoms with Gasteiger partial charge in [0.2, 0.25) is 0 Å². The molecule has 4 aromatic carbocycles. The lowest BCUT2D eigenvalue weighted by atomic mass is 10.0. The van der Waals surface area contributed by atoms with E-state index in [1.54, 1.807) is 0 Å². The minimum absolute atomic E-state index is 0.107. The smallest absolute Gasteiger partial charge is 0.163 e. The van der Waals surface area contributed by atoms with Crippen LogP contribution in [0.4, 0.5) is 0 Å². The Morgan fingerprint density at radius 3 is 0.517 bits per heavy atom. The fourth-order valence-corrected chi connectivity index (χ4v) is 16.5. The van der Waals surface area contributed by atoms with Crippen molar-refractivity contribution in [2.24, 2.45) is 0 Å². The van der Waals surface area contributed by atoms with Gasteiger partial charge in [0.15, 0.2) is 46.3 Å². The molecule has 7 aromatic rings. The van der Waals surface area contributed by atoms with Crippen molar-refractivity contribution < 1.29 is 114 Å². The Bertz CT molecular complexity index is 4360. The first-order chi connectivity index (χ1) is 57.2. The molecule has 10 aliphatic heterocycles. The molecule has 8 bridgehead atoms. The summed E-state index contributed by atoms with van der Waals surface area (Å²) in [6.45, 7) is 33.4. The van der Waals surface area contributed by atoms with E-state index in [1.807, 2.05) is 232 Å². The van der Waals surface area contributed by atoms with Gasteiger partial charge in [-0.2, -0.15) is 0 Å². The van der Waals surface area contributed by atoms with E-state index < -0.39 is 95.1 Å². The van der Waals surface area contributed by atoms with E-state index >= 15 is 0 Å². The summed E-state index contributed by atoms with van der Waals surface area (Å²) in [6, 6.07) is 31.1. The van der Waals surface area contributed by atoms with E-state index in [0.717, 1.165) is 0 Å². The molecule has 0 radical (unpaired) electrons. The van der Waals surface area contributed by atoms with Crippen LogP contribution in [-0.4, -0.2) is 221 Å². The summed E-state index contributed by atoms with van der Waals surface area (Å²) < 4.78 is 157. The van der Waals surface area contributed by atoms with Crippen LogP contribution in [0, 0.1) is 0 Å². The Morgan fingerprint density at radius 1 is 0.233 bits per heavy atom. The summed E-state index contributed by atoms with van der Waals surface area (Å²) in [5, 5.41) is 0. The quantitative estimate of drug-likeness (QED) is 0.0461. The third-order valence-corrected chi connectivity index (χ3v) is 21.6. The van der Waals surface area contributed by atoms with Gasteiger partial charge < -0.3 is 124 Å². The van der Waals surface area contributed by atoms with E-state index in [0.29, 0.717) is 188 Å². The number of nitrogens with one attached hydrogen (secondary N) is 2. The summed E-state index contributed by atoms with van der Waals surface area (Å²) >= 11 is 0. The van der Waals surface area contributed by atoms with Crippen LogP contribution in [-0.2, 0) is 75.8 Å². The predicted octanol–water partition coefficient (Wildman–Crippen LogP) is 15.6. The number of aromatic amines is 2. The second kappa shape index (κ2) is 33.1. The molecule has 17 rings (SSSR count). The molecule has 10 aliphatic rings. The van der Waals surface area contributed by atoms with Gasteiger partial charge in [-0.15, -0.1) is 0 Å². The Hall–Kier alpha value is -8.76. The normalized spacial score (nSPS) is 25.6. The highest BCUT2D eigenvalue weighted by molar-refractivity contribution is 6.04. The minimum Gasteiger partial charge on any atom is -0.490 e. The molecule has 8 saturated heterocycles. The molecule has 0 unspecified atom stereocenters. The van der Waals surface area contributed by atoms with Crippen LogP contribution in [0.5, 0.6) is 46.0 Å². The van der Waals surface area contributed by atoms with Crippen LogP contribution in [0.15, 0.2) is 97.1 Å². The van der Waals surface area contributed by atoms with Crippen molar-refractivity contribution in [2.75, 3.05) is 106 Å². The van der Waals surface area contributed by atoms with Gasteiger partial charge in [0.25, 0.3) is 0 Å². The number of H-pyrrole nitrogens is 2. The van der Waals surface area contributed by atoms with E-state index in [4.69, 9.17) is 124 Å². The molecular weight excluding hydrogens is 1550 g/mol. The highest BCUT2D eigenvalue weighted by atomic mass is 16.8. The summed E-state index contributed by atoms with van der Waals surface area (Å²) in [6.07, 6.45) is 4.45. The number of hydrogen-bond acceptors (Lipinski definition) is 26. The van der Waals surface area contributed by atoms with Crippen molar-refractivity contribution in [3.8, 4) is 90.5 Å². The Labute approximate surface area is 698 Å². The van der Waals surface area contributed by atoms with Crippen molar-refractivity contribution >= 4 is 46.4 Å². The molecule has 8 atom stereocenters. The zero-order valence-corrected chi connectivity index (χ0v) is 71.2. The molecule has 28 heteroatoms. The van der Waals surface area contributed by atoms with Crippen molar-refractivity contribution in [3.63, 3.8) is 0 Å². The zero-order chi connectivity index (χ0) is 83.7. The van der Waals surface area contributed by atoms with Gasteiger partial charge in [-0.25, -0.2) is 9.97 Å². The van der Waals surface area contributed by atoms with Crippen LogP contribution < -0.4 is 37.9 Å². The highest BCUT2D eigenvalue weighted by Gasteiger charge is 2.42. The fourth-order valence-electron chi connectivity index (χ4n) is 16.5. The average Bonchev–Trinajstić information content (AvgIpc) is 1.58. The van der Waals surface area contributed by atoms with Gasteiger partial charge >= 0.3 is 0 Å². The first kappa shape index (κ1) is 83.5. The molecule has 0 saturated carbocycles. The standard InChI is InChI=1S/C92H110N4O24/c1-85(2)105-45-53(113-85)37-97-69-21-17-22-70(98-38-54-46-106-86(3,4)114-54)81(69)77-61-29-31-63(93-61)78(82-71(99-39-55-47-107-87(5,6)115-55)23-18-24-72(82)100-40-56-48-108-88(7,8)116-56)65-33-35-67(95-65)80(84-75(103-43-59-51-111-91(13,14)119-59)27-20-28-76(84)104-44-60-52-112-92(15,16)120-60)68-36-34-66(96-68)79(64-32-30-62(77)94-64)83-73(101-41-57-49-109-89(9,10)117-57)25-19-26-74(83)102-42-58-50-110-90(11,12)118-58/h17-36,53-60,93,96H,37-52H2,1-16H3/t53-,54-,55-,56-,57-,58-,59-,60-/m0/s1. The first-order valence-corrected chi connectivity index (χ1v) is 41.4. The van der Waals surface area contributed by atoms with Crippen LogP contribution >= 0.6 is 0 Å². The number of rotatable bonds is 28. The molecule has 120 heavy (non-hydrogen) atoms. The summed E-state index contributed by atoms with van der Waals surface area (Å²) in [7, 11) is 0. The van der Waals surface area contributed by atoms with Gasteiger partial charge in [0.1, 0.15) is 148 Å². The maximum Gasteiger partial charge on any atom is 0.163 e. The van der Waals surface area contributed by atoms with Crippen molar-refractivity contribution in [1.29, 1.82) is 0 Å². The molecule has 642 valence electrons. The van der Waals surface area contributed by atoms with Crippen LogP contribution in [0.1, 0.15) is 134 Å². The second-order valence-electron chi connectivity index (χ2n) is 35.1. The summed E-state index contributed by atoms with van der Waals surface area (Å²) in [4.78, 5) is 19.8. The monoisotopic (exact) mass is 1650 g/mol. The maximum atomic E-state index is 7.11. The largest absolute Gasteiger partial charge is 0.490 e. The zero-order valence-electron chi connectivity index (χ0n) is 71.2. The topological polar surface area (TPSA) is 279 Å². The van der Waals surface area contributed by atoms with Crippen LogP contribution in [0.3, 0.4) is 0 Å². The maximum absolute atomic E-state index is 7.11. The Kier molecular flexibility index (Phi) is 23.1. The second-order valence-corrected chi connectivity index (χ2v) is 35.1. The van der Waals surface area contributed by atoms with Gasteiger partial charge in [-0.1, -0.05) is 24.3 Å². The molecule has 0 aliphatic carbocycles. The number of benzene rings is 4. The fraction of sp³-hybridized carbons (Fsp3) is 0.522. The Balaban J connectivity index is 0.968. The summed E-state index contributed by atoms with van der Waals surface area (Å²) in [5.41, 5.74) is 8.73. The Morgan fingerprint density at radius 2 is 0.383 bits per heavy atom. The van der Waals surface area contributed by atoms with E-state index in [2.05, 4.69) is 9.97 Å². The number of nitrogens with zero attached hydrogens (tertiary/aromatic N) is 2. The number of hydrogen-bond donors (Lipinski definition) is 2. The molecule has 8 fully saturated rings. The molecule has 0 amide bonds. The van der Waals surface area contributed by atoms with Crippen molar-refractivity contribution in [1.82, 2.24) is 19.9 Å². The minimum atomic E-state index is -0.848. The van der Waals surface area contributed by atoms with Crippen molar-refractivity contribution in [2.45, 2.75) is 206 Å². The molecule has 3 aromatic heterocycles. The lowest BCUT2D eigenvalue weighted by molar-refractivity contribution is -0.142. The number of aromatic nitrogens is 4. The predicted molar refractivity (Wildman–Crippen MR) is 444 cm³/mol. The van der Waals surface area contributed by atoms with Gasteiger partial charge in [0.05, 0.1) is 97.9 Å². The SMILES string of the molecule is CC1(C)OC[C@H](COc2cccc(OC[C@H]3COC(C)(C)O3)c2-c2c3nc(c(-c4c(OC[C@H]5COC(C)(C)O5)cccc4OC[C@H]4COC(C)(C)O4)c4ccc([nH]4)c(-c4c(OC[C@H]5COC(C)(C)O5)cccc4OC[C@H]4COC(C)(C)O4)c4nc(c(-c5c(OC[C@H]6COC(C)(C)O6)cccc5OC[C@H]5COC(C)(C)O5)c5ccc2[nH]5)C=C4)C=C3)O1. The average molecular weight is 1660 g/mol. The van der Waals surface area contributed by atoms with Gasteiger partial charge in [0, 0.05) is 44.3 Å². The van der Waals surface area contributed by atoms with E-state index in [1.165, 1.54) is 0 Å².